The first-order valence-corrected chi connectivity index (χ1v) is 6.51. The smallest absolute Gasteiger partial charge is 0.259 e. The lowest BCUT2D eigenvalue weighted by Crippen LogP contribution is -2.13. The molecular formula is C15H14ClNO3. The van der Waals surface area contributed by atoms with Crippen molar-refractivity contribution in [3.05, 3.63) is 53.1 Å². The van der Waals surface area contributed by atoms with E-state index in [0.717, 1.165) is 0 Å². The Labute approximate surface area is 122 Å². The van der Waals surface area contributed by atoms with Crippen molar-refractivity contribution in [1.29, 1.82) is 0 Å². The first-order valence-electron chi connectivity index (χ1n) is 6.13. The van der Waals surface area contributed by atoms with Gasteiger partial charge in [-0.25, -0.2) is 0 Å². The number of halogens is 1. The topological polar surface area (TPSA) is 58.6 Å². The van der Waals surface area contributed by atoms with Gasteiger partial charge in [0.05, 0.1) is 17.9 Å². The summed E-state index contributed by atoms with van der Waals surface area (Å²) in [5.74, 6) is -0.00739. The number of carbonyl (C=O) groups excluding carboxylic acids is 1. The Kier molecular flexibility index (Phi) is 4.48. The number of hydrogen-bond acceptors (Lipinski definition) is 3. The number of carbonyl (C=O) groups is 1. The van der Waals surface area contributed by atoms with Crippen LogP contribution in [0.15, 0.2) is 42.5 Å². The standard InChI is InChI=1S/C15H14ClNO3/c1-2-20-14-6-4-3-5-12(14)17-15(19)11-8-7-10(16)9-13(11)18/h3-9,18H,2H2,1H3,(H,17,19). The third-order valence-corrected chi connectivity index (χ3v) is 2.87. The molecule has 0 bridgehead atoms. The number of para-hydroxylation sites is 2. The van der Waals surface area contributed by atoms with Gasteiger partial charge in [0.25, 0.3) is 5.91 Å². The van der Waals surface area contributed by atoms with Crippen molar-refractivity contribution in [2.75, 3.05) is 11.9 Å². The van der Waals surface area contributed by atoms with Crippen LogP contribution in [0.3, 0.4) is 0 Å². The molecule has 0 spiro atoms. The fourth-order valence-corrected chi connectivity index (χ4v) is 1.90. The maximum Gasteiger partial charge on any atom is 0.259 e. The van der Waals surface area contributed by atoms with E-state index in [1.807, 2.05) is 13.0 Å². The fourth-order valence-electron chi connectivity index (χ4n) is 1.74. The number of anilines is 1. The number of phenolic OH excluding ortho intramolecular Hbond substituents is 1. The molecule has 0 aromatic heterocycles. The van der Waals surface area contributed by atoms with Crippen LogP contribution in [0.1, 0.15) is 17.3 Å². The Morgan fingerprint density at radius 2 is 2.05 bits per heavy atom. The van der Waals surface area contributed by atoms with Crippen molar-refractivity contribution in [2.45, 2.75) is 6.92 Å². The summed E-state index contributed by atoms with van der Waals surface area (Å²) in [6.07, 6.45) is 0. The van der Waals surface area contributed by atoms with Gasteiger partial charge in [0.2, 0.25) is 0 Å². The highest BCUT2D eigenvalue weighted by atomic mass is 35.5. The molecule has 2 aromatic carbocycles. The summed E-state index contributed by atoms with van der Waals surface area (Å²) in [6, 6.07) is 11.4. The Hall–Kier alpha value is -2.20. The van der Waals surface area contributed by atoms with Crippen LogP contribution in [0, 0.1) is 0 Å². The monoisotopic (exact) mass is 291 g/mol. The highest BCUT2D eigenvalue weighted by Gasteiger charge is 2.13. The third-order valence-electron chi connectivity index (χ3n) is 2.64. The third kappa shape index (κ3) is 3.22. The minimum absolute atomic E-state index is 0.153. The lowest BCUT2D eigenvalue weighted by Gasteiger charge is -2.11. The van der Waals surface area contributed by atoms with Gasteiger partial charge in [-0.2, -0.15) is 0 Å². The zero-order valence-electron chi connectivity index (χ0n) is 10.9. The van der Waals surface area contributed by atoms with E-state index in [4.69, 9.17) is 16.3 Å². The van der Waals surface area contributed by atoms with Gasteiger partial charge in [-0.15, -0.1) is 0 Å². The molecule has 0 aliphatic carbocycles. The molecule has 2 N–H and O–H groups in total. The molecule has 2 rings (SSSR count). The van der Waals surface area contributed by atoms with E-state index >= 15 is 0 Å². The quantitative estimate of drug-likeness (QED) is 0.903. The molecule has 4 nitrogen and oxygen atoms in total. The predicted molar refractivity (Wildman–Crippen MR) is 78.7 cm³/mol. The van der Waals surface area contributed by atoms with Gasteiger partial charge in [0, 0.05) is 5.02 Å². The average molecular weight is 292 g/mol. The molecule has 0 aliphatic rings. The molecule has 1 amide bonds. The van der Waals surface area contributed by atoms with Crippen molar-refractivity contribution < 1.29 is 14.6 Å². The highest BCUT2D eigenvalue weighted by Crippen LogP contribution is 2.27. The summed E-state index contributed by atoms with van der Waals surface area (Å²) < 4.78 is 5.42. The number of benzene rings is 2. The van der Waals surface area contributed by atoms with Gasteiger partial charge in [0.1, 0.15) is 11.5 Å². The van der Waals surface area contributed by atoms with Crippen LogP contribution in [-0.2, 0) is 0 Å². The second-order valence-electron chi connectivity index (χ2n) is 4.04. The molecule has 0 aliphatic heterocycles. The molecule has 0 saturated carbocycles. The molecule has 2 aromatic rings. The van der Waals surface area contributed by atoms with Crippen molar-refractivity contribution >= 4 is 23.2 Å². The van der Waals surface area contributed by atoms with Gasteiger partial charge in [0.15, 0.2) is 0 Å². The van der Waals surface area contributed by atoms with Crippen molar-refractivity contribution in [2.24, 2.45) is 0 Å². The van der Waals surface area contributed by atoms with E-state index in [0.29, 0.717) is 23.1 Å². The summed E-state index contributed by atoms with van der Waals surface area (Å²) in [4.78, 5) is 12.1. The molecule has 104 valence electrons. The van der Waals surface area contributed by atoms with E-state index in [9.17, 15) is 9.90 Å². The Morgan fingerprint density at radius 1 is 1.30 bits per heavy atom. The number of rotatable bonds is 4. The maximum absolute atomic E-state index is 12.1. The van der Waals surface area contributed by atoms with Gasteiger partial charge >= 0.3 is 0 Å². The highest BCUT2D eigenvalue weighted by molar-refractivity contribution is 6.31. The number of ether oxygens (including phenoxy) is 1. The van der Waals surface area contributed by atoms with E-state index in [1.165, 1.54) is 12.1 Å². The zero-order chi connectivity index (χ0) is 14.5. The fraction of sp³-hybridized carbons (Fsp3) is 0.133. The molecule has 0 unspecified atom stereocenters. The lowest BCUT2D eigenvalue weighted by atomic mass is 10.2. The van der Waals surface area contributed by atoms with Crippen LogP contribution in [0.4, 0.5) is 5.69 Å². The van der Waals surface area contributed by atoms with Crippen LogP contribution < -0.4 is 10.1 Å². The number of aromatic hydroxyl groups is 1. The molecule has 0 radical (unpaired) electrons. The predicted octanol–water partition coefficient (Wildman–Crippen LogP) is 3.70. The van der Waals surface area contributed by atoms with Crippen LogP contribution >= 0.6 is 11.6 Å². The number of hydrogen-bond donors (Lipinski definition) is 2. The van der Waals surface area contributed by atoms with E-state index < -0.39 is 5.91 Å². The van der Waals surface area contributed by atoms with Crippen LogP contribution in [0.25, 0.3) is 0 Å². The summed E-state index contributed by atoms with van der Waals surface area (Å²) in [6.45, 7) is 2.36. The average Bonchev–Trinajstić information content (AvgIpc) is 2.41. The van der Waals surface area contributed by atoms with Crippen LogP contribution in [-0.4, -0.2) is 17.6 Å². The Bertz CT molecular complexity index is 628. The van der Waals surface area contributed by atoms with E-state index in [1.54, 1.807) is 24.3 Å². The second kappa shape index (κ2) is 6.30. The van der Waals surface area contributed by atoms with Crippen molar-refractivity contribution in [3.63, 3.8) is 0 Å². The van der Waals surface area contributed by atoms with Gasteiger partial charge in [-0.3, -0.25) is 4.79 Å². The zero-order valence-corrected chi connectivity index (χ0v) is 11.6. The second-order valence-corrected chi connectivity index (χ2v) is 4.48. The van der Waals surface area contributed by atoms with Crippen LogP contribution in [0.2, 0.25) is 5.02 Å². The first-order chi connectivity index (χ1) is 9.61. The number of nitrogens with one attached hydrogen (secondary N) is 1. The molecule has 0 saturated heterocycles. The van der Waals surface area contributed by atoms with Gasteiger partial charge in [-0.05, 0) is 37.3 Å². The minimum Gasteiger partial charge on any atom is -0.507 e. The van der Waals surface area contributed by atoms with Crippen LogP contribution in [0.5, 0.6) is 11.5 Å². The summed E-state index contributed by atoms with van der Waals surface area (Å²) in [5, 5.41) is 12.8. The number of phenols is 1. The SMILES string of the molecule is CCOc1ccccc1NC(=O)c1ccc(Cl)cc1O. The van der Waals surface area contributed by atoms with E-state index in [2.05, 4.69) is 5.32 Å². The molecule has 5 heteroatoms. The van der Waals surface area contributed by atoms with Gasteiger partial charge < -0.3 is 15.2 Å². The molecular weight excluding hydrogens is 278 g/mol. The molecule has 0 heterocycles. The number of amides is 1. The Balaban J connectivity index is 2.23. The molecule has 0 atom stereocenters. The van der Waals surface area contributed by atoms with E-state index in [-0.39, 0.29) is 11.3 Å². The van der Waals surface area contributed by atoms with Gasteiger partial charge in [-0.1, -0.05) is 23.7 Å². The Morgan fingerprint density at radius 3 is 2.75 bits per heavy atom. The minimum atomic E-state index is -0.425. The summed E-state index contributed by atoms with van der Waals surface area (Å²) in [5.41, 5.74) is 0.703. The van der Waals surface area contributed by atoms with Crippen molar-refractivity contribution in [1.82, 2.24) is 0 Å². The lowest BCUT2D eigenvalue weighted by molar-refractivity contribution is 0.102. The molecule has 20 heavy (non-hydrogen) atoms. The van der Waals surface area contributed by atoms with Crippen molar-refractivity contribution in [3.8, 4) is 11.5 Å². The maximum atomic E-state index is 12.1. The molecule has 0 fully saturated rings. The summed E-state index contributed by atoms with van der Waals surface area (Å²) in [7, 11) is 0. The first kappa shape index (κ1) is 14.2. The normalized spacial score (nSPS) is 10.1. The largest absolute Gasteiger partial charge is 0.507 e. The summed E-state index contributed by atoms with van der Waals surface area (Å²) >= 11 is 5.74.